The number of ether oxygens (including phenoxy) is 4. The molecule has 1 fully saturated rings. The van der Waals surface area contributed by atoms with Gasteiger partial charge in [0.25, 0.3) is 0 Å². The predicted molar refractivity (Wildman–Crippen MR) is 284 cm³/mol. The van der Waals surface area contributed by atoms with E-state index in [9.17, 15) is 25.2 Å². The normalized spacial score (nSPS) is 19.6. The number of aliphatic hydroxyl groups is 4. The second kappa shape index (κ2) is 49.6. The minimum Gasteiger partial charge on any atom is -0.457 e. The van der Waals surface area contributed by atoms with Crippen LogP contribution in [-0.4, -0.2) is 89.6 Å². The largest absolute Gasteiger partial charge is 0.457 e. The molecule has 4 N–H and O–H groups in total. The van der Waals surface area contributed by atoms with Gasteiger partial charge in [-0.05, 0) is 83.5 Å². The van der Waals surface area contributed by atoms with Crippen LogP contribution in [0, 0.1) is 0 Å². The van der Waals surface area contributed by atoms with E-state index in [4.69, 9.17) is 18.9 Å². The maximum atomic E-state index is 12.9. The first kappa shape index (κ1) is 63.6. The van der Waals surface area contributed by atoms with Gasteiger partial charge in [0.1, 0.15) is 30.5 Å². The van der Waals surface area contributed by atoms with Crippen molar-refractivity contribution in [2.45, 2.75) is 269 Å². The number of hydrogen-bond acceptors (Lipinski definition) is 9. The highest BCUT2D eigenvalue weighted by molar-refractivity contribution is 5.69. The molecule has 1 rings (SSSR count). The first-order valence-electron chi connectivity index (χ1n) is 28.0. The number of aliphatic hydroxyl groups excluding tert-OH is 4. The van der Waals surface area contributed by atoms with Crippen LogP contribution in [0.1, 0.15) is 232 Å². The minimum atomic E-state index is -1.54. The number of esters is 1. The van der Waals surface area contributed by atoms with Gasteiger partial charge in [-0.15, -0.1) is 0 Å². The van der Waals surface area contributed by atoms with E-state index < -0.39 is 43.4 Å². The third-order valence-electron chi connectivity index (χ3n) is 12.6. The number of allylic oxidation sites excluding steroid dienone is 12. The Bertz CT molecular complexity index is 1270. The Morgan fingerprint density at radius 3 is 1.35 bits per heavy atom. The Hall–Kier alpha value is -2.37. The van der Waals surface area contributed by atoms with E-state index in [2.05, 4.69) is 86.8 Å². The van der Waals surface area contributed by atoms with E-state index in [1.54, 1.807) is 0 Å². The van der Waals surface area contributed by atoms with Gasteiger partial charge < -0.3 is 39.4 Å². The van der Waals surface area contributed by atoms with E-state index in [0.29, 0.717) is 13.0 Å². The fourth-order valence-corrected chi connectivity index (χ4v) is 8.28. The lowest BCUT2D eigenvalue weighted by atomic mass is 9.99. The van der Waals surface area contributed by atoms with Gasteiger partial charge in [0.15, 0.2) is 6.29 Å². The smallest absolute Gasteiger partial charge is 0.306 e. The maximum absolute atomic E-state index is 12.9. The molecule has 0 aromatic heterocycles. The van der Waals surface area contributed by atoms with Gasteiger partial charge in [-0.25, -0.2) is 0 Å². The fraction of sp³-hybridized carbons (Fsp3) is 0.780. The van der Waals surface area contributed by atoms with Crippen LogP contribution in [0.3, 0.4) is 0 Å². The molecule has 9 nitrogen and oxygen atoms in total. The molecule has 0 aromatic rings. The van der Waals surface area contributed by atoms with Crippen molar-refractivity contribution in [3.05, 3.63) is 72.9 Å². The molecular weight excluding hydrogens is 853 g/mol. The molecular formula is C59H104O9. The van der Waals surface area contributed by atoms with E-state index >= 15 is 0 Å². The van der Waals surface area contributed by atoms with Gasteiger partial charge >= 0.3 is 5.97 Å². The van der Waals surface area contributed by atoms with Crippen LogP contribution < -0.4 is 0 Å². The van der Waals surface area contributed by atoms with Crippen LogP contribution >= 0.6 is 0 Å². The molecule has 6 atom stereocenters. The van der Waals surface area contributed by atoms with Gasteiger partial charge in [0.05, 0.1) is 19.8 Å². The number of hydrogen-bond donors (Lipinski definition) is 4. The Kier molecular flexibility index (Phi) is 46.4. The number of carbonyl (C=O) groups is 1. The minimum absolute atomic E-state index is 0.120. The SMILES string of the molecule is CC/C=C\C/C=C\C/C=C\C/C=C\CCCCCCCCCCC(=O)OC(COCCCCCCCCCCCCCC/C=C\C/C=C\CCCCCCC)COC1OC(CO)C(O)C(O)C1O. The van der Waals surface area contributed by atoms with Gasteiger partial charge in [-0.3, -0.25) is 4.79 Å². The summed E-state index contributed by atoms with van der Waals surface area (Å²) in [5.74, 6) is -0.322. The summed E-state index contributed by atoms with van der Waals surface area (Å²) in [6, 6.07) is 0. The molecule has 0 aromatic carbocycles. The van der Waals surface area contributed by atoms with Crippen LogP contribution in [0.25, 0.3) is 0 Å². The van der Waals surface area contributed by atoms with Crippen molar-refractivity contribution < 1.29 is 44.2 Å². The first-order chi connectivity index (χ1) is 33.4. The average Bonchev–Trinajstić information content (AvgIpc) is 3.34. The van der Waals surface area contributed by atoms with Crippen LogP contribution in [0.4, 0.5) is 0 Å². The molecule has 0 spiro atoms. The molecule has 0 bridgehead atoms. The van der Waals surface area contributed by atoms with Crippen molar-refractivity contribution in [3.8, 4) is 0 Å². The standard InChI is InChI=1S/C59H104O9/c1-3-5-7-9-11-13-15-17-19-21-23-25-26-27-29-31-33-35-37-39-41-43-45-47-49-65-51-53(52-66-59-58(64)57(63)56(62)54(50-60)68-59)67-55(61)48-46-44-42-40-38-36-34-32-30-28-24-22-20-18-16-14-12-10-8-6-4-2/h6,8,12,14-15,17-18,20-21,23-24,28,53-54,56-60,62-64H,3-5,7,9-11,13,16,19,22,25-27,29-52H2,1-2H3/b8-6-,14-12-,17-15-,20-18-,23-21-,28-24-. The molecule has 0 aliphatic carbocycles. The molecule has 68 heavy (non-hydrogen) atoms. The van der Waals surface area contributed by atoms with Gasteiger partial charge in [0, 0.05) is 13.0 Å². The van der Waals surface area contributed by atoms with Crippen molar-refractivity contribution in [1.82, 2.24) is 0 Å². The Morgan fingerprint density at radius 2 is 0.897 bits per heavy atom. The van der Waals surface area contributed by atoms with Crippen LogP contribution in [0.15, 0.2) is 72.9 Å². The van der Waals surface area contributed by atoms with Crippen molar-refractivity contribution in [3.63, 3.8) is 0 Å². The summed E-state index contributed by atoms with van der Waals surface area (Å²) < 4.78 is 23.0. The van der Waals surface area contributed by atoms with E-state index in [-0.39, 0.29) is 19.2 Å². The molecule has 1 aliphatic rings. The lowest BCUT2D eigenvalue weighted by Crippen LogP contribution is -2.59. The summed E-state index contributed by atoms with van der Waals surface area (Å²) in [5, 5.41) is 40.3. The van der Waals surface area contributed by atoms with Crippen molar-refractivity contribution in [1.29, 1.82) is 0 Å². The Labute approximate surface area is 417 Å². The molecule has 0 saturated carbocycles. The van der Waals surface area contributed by atoms with Crippen molar-refractivity contribution >= 4 is 5.97 Å². The highest BCUT2D eigenvalue weighted by Gasteiger charge is 2.44. The summed E-state index contributed by atoms with van der Waals surface area (Å²) in [6.45, 7) is 4.44. The molecule has 9 heteroatoms. The molecule has 0 radical (unpaired) electrons. The zero-order valence-corrected chi connectivity index (χ0v) is 43.6. The average molecular weight is 957 g/mol. The lowest BCUT2D eigenvalue weighted by molar-refractivity contribution is -0.305. The summed E-state index contributed by atoms with van der Waals surface area (Å²) >= 11 is 0. The third-order valence-corrected chi connectivity index (χ3v) is 12.6. The number of unbranched alkanes of at least 4 members (excludes halogenated alkanes) is 25. The Morgan fingerprint density at radius 1 is 0.485 bits per heavy atom. The third kappa shape index (κ3) is 39.4. The van der Waals surface area contributed by atoms with Crippen molar-refractivity contribution in [2.75, 3.05) is 26.4 Å². The van der Waals surface area contributed by atoms with Gasteiger partial charge in [0.2, 0.25) is 0 Å². The van der Waals surface area contributed by atoms with E-state index in [1.807, 2.05) is 0 Å². The predicted octanol–water partition coefficient (Wildman–Crippen LogP) is 14.4. The van der Waals surface area contributed by atoms with Gasteiger partial charge in [-0.2, -0.15) is 0 Å². The Balaban J connectivity index is 2.18. The number of rotatable bonds is 48. The second-order valence-corrected chi connectivity index (χ2v) is 19.0. The van der Waals surface area contributed by atoms with Crippen LogP contribution in [0.5, 0.6) is 0 Å². The van der Waals surface area contributed by atoms with Crippen LogP contribution in [0.2, 0.25) is 0 Å². The summed E-state index contributed by atoms with van der Waals surface area (Å²) in [6.07, 6.45) is 59.4. The highest BCUT2D eigenvalue weighted by Crippen LogP contribution is 2.23. The molecule has 394 valence electrons. The molecule has 1 saturated heterocycles. The van der Waals surface area contributed by atoms with E-state index in [0.717, 1.165) is 70.6 Å². The monoisotopic (exact) mass is 957 g/mol. The second-order valence-electron chi connectivity index (χ2n) is 19.0. The van der Waals surface area contributed by atoms with Crippen molar-refractivity contribution in [2.24, 2.45) is 0 Å². The number of carbonyl (C=O) groups excluding carboxylic acids is 1. The van der Waals surface area contributed by atoms with Crippen LogP contribution in [-0.2, 0) is 23.7 Å². The lowest BCUT2D eigenvalue weighted by Gasteiger charge is -2.39. The zero-order chi connectivity index (χ0) is 49.2. The summed E-state index contributed by atoms with van der Waals surface area (Å²) in [7, 11) is 0. The first-order valence-corrected chi connectivity index (χ1v) is 28.0. The quantitative estimate of drug-likeness (QED) is 0.0267. The maximum Gasteiger partial charge on any atom is 0.306 e. The molecule has 1 aliphatic heterocycles. The van der Waals surface area contributed by atoms with E-state index in [1.165, 1.54) is 141 Å². The summed E-state index contributed by atoms with van der Waals surface area (Å²) in [5.41, 5.74) is 0. The summed E-state index contributed by atoms with van der Waals surface area (Å²) in [4.78, 5) is 12.9. The fourth-order valence-electron chi connectivity index (χ4n) is 8.28. The van der Waals surface area contributed by atoms with Gasteiger partial charge in [-0.1, -0.05) is 215 Å². The molecule has 1 heterocycles. The highest BCUT2D eigenvalue weighted by atomic mass is 16.7. The molecule has 6 unspecified atom stereocenters. The molecule has 0 amide bonds. The zero-order valence-electron chi connectivity index (χ0n) is 43.6. The topological polar surface area (TPSA) is 135 Å².